The van der Waals surface area contributed by atoms with E-state index in [1.165, 1.54) is 54.5 Å². The maximum atomic E-state index is 11.5. The number of hydrogen-bond acceptors (Lipinski definition) is 32. The van der Waals surface area contributed by atoms with Gasteiger partial charge in [0.2, 0.25) is 35.3 Å². The standard InChI is InChI=1S/C22H24N4O2S.C20H22N4OS.C19H19N3O4S2.C18H17N3O2S.C16H12ClN3O.C4H2Cl2N2/c1-4-26(17(3)27)11-12-29-22-15-23-14-21(25-22)28-19-8-6-18(7-9-19)20-10-5-16(2)13-24-20;1-3-21-10-11-26-20-14-22-13-19(24-20)25-17-7-5-16(6-8-17)18-9-4-15(2)12-23-18;1-14-3-8-17(21-11-14)15-4-6-16(7-5-15)26-18-12-20-13-19(22-18)27-10-9-25-28(2,23)24;1-13-2-7-16(20-10-13)14-3-5-15(6-4-14)23-17-11-19-12-18(21-17)24-9-8-22;1-11-2-7-14(19-8-11)12-3-5-13(6-4-12)21-16-10-18-9-15(17)20-16;5-3-1-7-2-4(6)8-3/h5-10,13-15H,4,11-12H2,1-3H3;4-9,12-14,21H,3,10-11H2,1-2H3;3-8,11-13H,9-10H2,1-2H3;2-7,10-12,22H,8-9H2,1H3;2-10H,1H3;1-2H. The fourth-order valence-corrected chi connectivity index (χ4v) is 15.2. The van der Waals surface area contributed by atoms with Crippen molar-refractivity contribution in [2.75, 3.05) is 68.7 Å². The minimum atomic E-state index is -3.43. The maximum Gasteiger partial charge on any atom is 0.264 e. The van der Waals surface area contributed by atoms with E-state index in [4.69, 9.17) is 67.8 Å². The topological polar surface area (TPSA) is 361 Å². The molecule has 0 spiro atoms. The van der Waals surface area contributed by atoms with Gasteiger partial charge in [0.1, 0.15) is 59.2 Å². The summed E-state index contributed by atoms with van der Waals surface area (Å²) in [6.45, 7) is 19.2. The van der Waals surface area contributed by atoms with Gasteiger partial charge in [-0.1, -0.05) is 72.1 Å². The van der Waals surface area contributed by atoms with Gasteiger partial charge < -0.3 is 39.0 Å². The monoisotopic (exact) mass is 1980 g/mol. The molecule has 0 saturated heterocycles. The Bertz CT molecular complexity index is 6470. The quantitative estimate of drug-likeness (QED) is 0.0219. The van der Waals surface area contributed by atoms with Gasteiger partial charge in [-0.15, -0.1) is 47.0 Å². The van der Waals surface area contributed by atoms with Crippen LogP contribution in [0, 0.1) is 34.6 Å². The lowest BCUT2D eigenvalue weighted by molar-refractivity contribution is -0.128. The normalized spacial score (nSPS) is 10.7. The van der Waals surface area contributed by atoms with Gasteiger partial charge in [-0.05, 0) is 228 Å². The number of rotatable bonds is 33. The van der Waals surface area contributed by atoms with E-state index in [1.807, 2.05) is 248 Å². The van der Waals surface area contributed by atoms with Crippen LogP contribution >= 0.6 is 81.9 Å². The molecule has 0 fully saturated rings. The van der Waals surface area contributed by atoms with Crippen molar-refractivity contribution in [1.29, 1.82) is 0 Å². The number of nitrogens with zero attached hydrogens (tertiary/aromatic N) is 18. The first-order valence-corrected chi connectivity index (χ1v) is 49.2. The summed E-state index contributed by atoms with van der Waals surface area (Å²) < 4.78 is 55.4. The Hall–Kier alpha value is -13.1. The van der Waals surface area contributed by atoms with Crippen molar-refractivity contribution < 1.29 is 46.2 Å². The largest absolute Gasteiger partial charge is 0.437 e. The number of ether oxygens (including phenoxy) is 5. The summed E-state index contributed by atoms with van der Waals surface area (Å²) in [5.41, 5.74) is 15.4. The molecule has 37 heteroatoms. The number of benzene rings is 5. The Morgan fingerprint density at radius 1 is 0.353 bits per heavy atom. The molecule has 5 aromatic carbocycles. The number of hydrogen-bond donors (Lipinski definition) is 2. The lowest BCUT2D eigenvalue weighted by atomic mass is 10.1. The number of nitrogens with one attached hydrogen (secondary N) is 1. The first-order chi connectivity index (χ1) is 65.9. The molecule has 1 amide bonds. The van der Waals surface area contributed by atoms with E-state index in [0.717, 1.165) is 136 Å². The molecule has 0 aliphatic rings. The highest BCUT2D eigenvalue weighted by Gasteiger charge is 2.14. The number of thioether (sulfide) groups is 4. The van der Waals surface area contributed by atoms with Crippen LogP contribution in [0.3, 0.4) is 0 Å². The maximum absolute atomic E-state index is 11.5. The molecule has 16 aromatic rings. The van der Waals surface area contributed by atoms with E-state index in [1.54, 1.807) is 78.7 Å². The van der Waals surface area contributed by atoms with Crippen LogP contribution in [0.5, 0.6) is 58.1 Å². The van der Waals surface area contributed by atoms with E-state index < -0.39 is 10.1 Å². The van der Waals surface area contributed by atoms with Crippen molar-refractivity contribution in [2.45, 2.75) is 75.5 Å². The highest BCUT2D eigenvalue weighted by atomic mass is 35.5. The zero-order valence-corrected chi connectivity index (χ0v) is 81.9. The number of carbonyl (C=O) groups is 1. The van der Waals surface area contributed by atoms with E-state index in [0.29, 0.717) is 97.5 Å². The second kappa shape index (κ2) is 55.1. The molecule has 0 aliphatic carbocycles. The third-order valence-electron chi connectivity index (χ3n) is 18.1. The number of halogens is 3. The molecule has 136 heavy (non-hydrogen) atoms. The van der Waals surface area contributed by atoms with Crippen LogP contribution < -0.4 is 29.0 Å². The van der Waals surface area contributed by atoms with Crippen LogP contribution in [0.4, 0.5) is 0 Å². The second-order valence-corrected chi connectivity index (χ2v) is 36.2. The summed E-state index contributed by atoms with van der Waals surface area (Å²) in [6, 6.07) is 58.6. The average molecular weight is 1980 g/mol. The summed E-state index contributed by atoms with van der Waals surface area (Å²) in [5.74, 6) is 8.29. The molecular weight excluding hydrogens is 1880 g/mol. The van der Waals surface area contributed by atoms with Crippen molar-refractivity contribution >= 4 is 97.9 Å². The number of carbonyl (C=O) groups excluding carboxylic acids is 1. The molecule has 29 nitrogen and oxygen atoms in total. The molecule has 698 valence electrons. The van der Waals surface area contributed by atoms with Crippen LogP contribution in [0.25, 0.3) is 56.3 Å². The number of aliphatic hydroxyl groups is 1. The number of aromatic nitrogens is 17. The first-order valence-electron chi connectivity index (χ1n) is 42.3. The van der Waals surface area contributed by atoms with Crippen LogP contribution in [0.1, 0.15) is 48.6 Å². The highest BCUT2D eigenvalue weighted by Crippen LogP contribution is 2.33. The van der Waals surface area contributed by atoms with Gasteiger partial charge in [0.15, 0.2) is 5.15 Å². The van der Waals surface area contributed by atoms with Gasteiger partial charge >= 0.3 is 0 Å². The van der Waals surface area contributed by atoms with E-state index in [9.17, 15) is 13.2 Å². The van der Waals surface area contributed by atoms with E-state index in [-0.39, 0.29) is 19.1 Å². The summed E-state index contributed by atoms with van der Waals surface area (Å²) in [7, 11) is -3.43. The molecular formula is C99H96Cl3N19O10S5. The Morgan fingerprint density at radius 2 is 0.625 bits per heavy atom. The molecule has 0 radical (unpaired) electrons. The number of aryl methyl sites for hydroxylation is 5. The molecule has 0 bridgehead atoms. The fourth-order valence-electron chi connectivity index (χ4n) is 11.4. The van der Waals surface area contributed by atoms with Gasteiger partial charge in [-0.25, -0.2) is 24.9 Å². The average Bonchev–Trinajstić information content (AvgIpc) is 0.862. The molecule has 0 atom stereocenters. The number of aliphatic hydroxyl groups excluding tert-OH is 1. The molecule has 0 unspecified atom stereocenters. The summed E-state index contributed by atoms with van der Waals surface area (Å²) in [5, 5.41) is 16.1. The van der Waals surface area contributed by atoms with Gasteiger partial charge in [-0.2, -0.15) is 13.4 Å². The highest BCUT2D eigenvalue weighted by molar-refractivity contribution is 8.00. The Kier molecular flexibility index (Phi) is 41.9. The molecule has 0 aliphatic heterocycles. The van der Waals surface area contributed by atoms with Crippen molar-refractivity contribution in [3.8, 4) is 114 Å². The van der Waals surface area contributed by atoms with Gasteiger partial charge in [0, 0.05) is 108 Å². The predicted octanol–water partition coefficient (Wildman–Crippen LogP) is 22.4. The number of amides is 1. The smallest absolute Gasteiger partial charge is 0.264 e. The lowest BCUT2D eigenvalue weighted by Gasteiger charge is -2.18. The van der Waals surface area contributed by atoms with Crippen molar-refractivity contribution in [1.82, 2.24) is 94.9 Å². The van der Waals surface area contributed by atoms with Gasteiger partial charge in [0.05, 0.1) is 122 Å². The predicted molar refractivity (Wildman–Crippen MR) is 537 cm³/mol. The number of pyridine rings is 5. The van der Waals surface area contributed by atoms with Crippen LogP contribution in [-0.4, -0.2) is 178 Å². The summed E-state index contributed by atoms with van der Waals surface area (Å²) in [6.07, 6.45) is 29.1. The summed E-state index contributed by atoms with van der Waals surface area (Å²) in [4.78, 5) is 84.9. The zero-order valence-electron chi connectivity index (χ0n) is 75.6. The zero-order chi connectivity index (χ0) is 96.2. The van der Waals surface area contributed by atoms with Crippen molar-refractivity contribution in [2.24, 2.45) is 0 Å². The molecule has 11 aromatic heterocycles. The Balaban J connectivity index is 0.000000160. The second-order valence-electron chi connectivity index (χ2n) is 29.0. The van der Waals surface area contributed by atoms with Gasteiger partial charge in [-0.3, -0.25) is 63.8 Å². The Labute approximate surface area is 822 Å². The molecule has 0 saturated carbocycles. The SMILES string of the molecule is CCN(CCSc1cncc(Oc2ccc(-c3ccc(C)cn3)cc2)n1)C(C)=O.CCNCCSc1cncc(Oc2ccc(-c3ccc(C)cn3)cc2)n1.Cc1ccc(-c2ccc(Oc3cncc(Cl)n3)cc2)nc1.Cc1ccc(-c2ccc(Oc3cncc(SCCO)n3)cc2)nc1.Cc1ccc(-c2ccc(Oc3cncc(SCCOS(C)(=O)=O)n3)cc2)nc1.Clc1cncc(Cl)n1. The summed E-state index contributed by atoms with van der Waals surface area (Å²) >= 11 is 22.5. The molecule has 11 heterocycles. The van der Waals surface area contributed by atoms with Gasteiger partial charge in [0.25, 0.3) is 10.1 Å². The Morgan fingerprint density at radius 3 is 0.875 bits per heavy atom. The van der Waals surface area contributed by atoms with Crippen LogP contribution in [0.15, 0.2) is 307 Å². The molecule has 16 rings (SSSR count). The molecule has 2 N–H and O–H groups in total. The van der Waals surface area contributed by atoms with E-state index >= 15 is 0 Å². The minimum Gasteiger partial charge on any atom is -0.437 e. The third-order valence-corrected chi connectivity index (χ3v) is 22.8. The fraction of sp³-hybridized carbons (Fsp3) is 0.192. The van der Waals surface area contributed by atoms with Crippen LogP contribution in [0.2, 0.25) is 15.5 Å². The van der Waals surface area contributed by atoms with Crippen molar-refractivity contribution in [3.63, 3.8) is 0 Å². The lowest BCUT2D eigenvalue weighted by Crippen LogP contribution is -2.30. The van der Waals surface area contributed by atoms with Crippen LogP contribution in [-0.2, 0) is 19.1 Å². The van der Waals surface area contributed by atoms with E-state index in [2.05, 4.69) is 103 Å². The third kappa shape index (κ3) is 36.9. The minimum absolute atomic E-state index is 0.0742. The van der Waals surface area contributed by atoms with Crippen molar-refractivity contribution in [3.05, 3.63) is 331 Å². The first kappa shape index (κ1) is 103.